The van der Waals surface area contributed by atoms with Gasteiger partial charge in [-0.3, -0.25) is 4.57 Å². The lowest BCUT2D eigenvalue weighted by Gasteiger charge is -2.12. The Morgan fingerprint density at radius 3 is 2.86 bits per heavy atom. The van der Waals surface area contributed by atoms with Gasteiger partial charge in [-0.05, 0) is 23.6 Å². The van der Waals surface area contributed by atoms with Gasteiger partial charge in [0.25, 0.3) is 0 Å². The topological polar surface area (TPSA) is 63.7 Å². The summed E-state index contributed by atoms with van der Waals surface area (Å²) in [5.41, 5.74) is 0.860. The van der Waals surface area contributed by atoms with Crippen LogP contribution in [0.15, 0.2) is 46.9 Å². The largest absolute Gasteiger partial charge is 0.495 e. The maximum Gasteiger partial charge on any atom is 0.197 e. The van der Waals surface area contributed by atoms with Crippen molar-refractivity contribution < 1.29 is 4.74 Å². The molecule has 110 valence electrons. The molecular weight excluding hydrogens is 316 g/mol. The predicted molar refractivity (Wildman–Crippen MR) is 87.6 cm³/mol. The molecule has 0 aliphatic heterocycles. The molecule has 3 aromatic rings. The molecule has 22 heavy (non-hydrogen) atoms. The first kappa shape index (κ1) is 14.6. The summed E-state index contributed by atoms with van der Waals surface area (Å²) < 4.78 is 7.39. The summed E-state index contributed by atoms with van der Waals surface area (Å²) in [6.07, 6.45) is 0. The lowest BCUT2D eigenvalue weighted by Crippen LogP contribution is -2.01. The zero-order valence-corrected chi connectivity index (χ0v) is 13.4. The van der Waals surface area contributed by atoms with Crippen LogP contribution in [0.3, 0.4) is 0 Å². The highest BCUT2D eigenvalue weighted by Crippen LogP contribution is 2.33. The maximum atomic E-state index is 8.83. The van der Waals surface area contributed by atoms with Crippen molar-refractivity contribution in [2.45, 2.75) is 5.16 Å². The third-order valence-electron chi connectivity index (χ3n) is 2.97. The minimum atomic E-state index is 0.317. The lowest BCUT2D eigenvalue weighted by molar-refractivity contribution is 0.412. The number of thiophene rings is 1. The molecule has 1 aromatic carbocycles. The molecule has 0 fully saturated rings. The molecule has 0 aliphatic rings. The van der Waals surface area contributed by atoms with Crippen LogP contribution in [0.2, 0.25) is 0 Å². The second-order valence-corrected chi connectivity index (χ2v) is 6.13. The molecule has 3 rings (SSSR count). The number of methoxy groups -OCH3 is 1. The average Bonchev–Trinajstić information content (AvgIpc) is 3.21. The van der Waals surface area contributed by atoms with E-state index in [9.17, 15) is 0 Å². The van der Waals surface area contributed by atoms with Crippen LogP contribution in [0.4, 0.5) is 0 Å². The molecule has 2 heterocycles. The van der Waals surface area contributed by atoms with Gasteiger partial charge in [-0.15, -0.1) is 21.5 Å². The highest BCUT2D eigenvalue weighted by atomic mass is 32.2. The second-order valence-electron chi connectivity index (χ2n) is 4.24. The van der Waals surface area contributed by atoms with E-state index >= 15 is 0 Å². The van der Waals surface area contributed by atoms with Crippen LogP contribution in [0.1, 0.15) is 0 Å². The van der Waals surface area contributed by atoms with E-state index in [0.717, 1.165) is 22.1 Å². The Kier molecular flexibility index (Phi) is 4.42. The number of aromatic nitrogens is 3. The summed E-state index contributed by atoms with van der Waals surface area (Å²) in [5.74, 6) is 1.80. The molecule has 5 nitrogen and oxygen atoms in total. The van der Waals surface area contributed by atoms with Crippen molar-refractivity contribution in [3.63, 3.8) is 0 Å². The monoisotopic (exact) mass is 328 g/mol. The first-order valence-corrected chi connectivity index (χ1v) is 8.34. The van der Waals surface area contributed by atoms with Gasteiger partial charge in [0, 0.05) is 0 Å². The molecule has 0 atom stereocenters. The number of hydrogen-bond donors (Lipinski definition) is 0. The number of nitriles is 1. The molecule has 0 spiro atoms. The van der Waals surface area contributed by atoms with Crippen LogP contribution in [-0.2, 0) is 0 Å². The van der Waals surface area contributed by atoms with Crippen LogP contribution < -0.4 is 4.74 Å². The van der Waals surface area contributed by atoms with Crippen LogP contribution in [0, 0.1) is 11.3 Å². The van der Waals surface area contributed by atoms with Gasteiger partial charge in [-0.25, -0.2) is 0 Å². The maximum absolute atomic E-state index is 8.83. The molecule has 0 bridgehead atoms. The SMILES string of the molecule is COc1ccccc1-n1c(SCC#N)nnc1-c1cccs1. The number of benzene rings is 1. The van der Waals surface area contributed by atoms with Crippen LogP contribution in [0.5, 0.6) is 5.75 Å². The Morgan fingerprint density at radius 1 is 1.27 bits per heavy atom. The number of thioether (sulfide) groups is 1. The highest BCUT2D eigenvalue weighted by Gasteiger charge is 2.19. The van der Waals surface area contributed by atoms with E-state index in [4.69, 9.17) is 10.00 Å². The second kappa shape index (κ2) is 6.64. The first-order chi connectivity index (χ1) is 10.8. The summed E-state index contributed by atoms with van der Waals surface area (Å²) in [4.78, 5) is 1.02. The van der Waals surface area contributed by atoms with E-state index in [1.807, 2.05) is 46.3 Å². The fourth-order valence-electron chi connectivity index (χ4n) is 2.06. The number of nitrogens with zero attached hydrogens (tertiary/aromatic N) is 4. The summed E-state index contributed by atoms with van der Waals surface area (Å²) in [7, 11) is 1.64. The van der Waals surface area contributed by atoms with Gasteiger partial charge in [0.2, 0.25) is 0 Å². The number of para-hydroxylation sites is 2. The fourth-order valence-corrected chi connectivity index (χ4v) is 3.36. The summed E-state index contributed by atoms with van der Waals surface area (Å²) >= 11 is 2.95. The van der Waals surface area contributed by atoms with Crippen LogP contribution in [0.25, 0.3) is 16.4 Å². The fraction of sp³-hybridized carbons (Fsp3) is 0.133. The normalized spacial score (nSPS) is 10.4. The van der Waals surface area contributed by atoms with Gasteiger partial charge < -0.3 is 4.74 Å². The molecule has 0 amide bonds. The Morgan fingerprint density at radius 2 is 2.14 bits per heavy atom. The van der Waals surface area contributed by atoms with E-state index in [1.54, 1.807) is 18.4 Å². The van der Waals surface area contributed by atoms with Crippen molar-refractivity contribution in [3.05, 3.63) is 41.8 Å². The van der Waals surface area contributed by atoms with Crippen LogP contribution >= 0.6 is 23.1 Å². The van der Waals surface area contributed by atoms with Crippen molar-refractivity contribution >= 4 is 23.1 Å². The summed E-state index contributed by atoms with van der Waals surface area (Å²) in [5, 5.41) is 20.0. The smallest absolute Gasteiger partial charge is 0.197 e. The number of ether oxygens (including phenoxy) is 1. The standard InChI is InChI=1S/C15H12N4OS2/c1-20-12-6-3-2-5-11(12)19-14(13-7-4-9-21-13)17-18-15(19)22-10-8-16/h2-7,9H,10H2,1H3. The Labute approximate surface area is 136 Å². The highest BCUT2D eigenvalue weighted by molar-refractivity contribution is 7.99. The van der Waals surface area contributed by atoms with Gasteiger partial charge >= 0.3 is 0 Å². The first-order valence-electron chi connectivity index (χ1n) is 6.47. The molecule has 0 saturated carbocycles. The van der Waals surface area contributed by atoms with E-state index in [0.29, 0.717) is 10.9 Å². The van der Waals surface area contributed by atoms with Crippen molar-refractivity contribution in [3.8, 4) is 28.2 Å². The van der Waals surface area contributed by atoms with Gasteiger partial charge in [0.1, 0.15) is 5.75 Å². The van der Waals surface area contributed by atoms with E-state index in [2.05, 4.69) is 16.3 Å². The van der Waals surface area contributed by atoms with Crippen molar-refractivity contribution in [2.75, 3.05) is 12.9 Å². The van der Waals surface area contributed by atoms with Crippen molar-refractivity contribution in [1.82, 2.24) is 14.8 Å². The van der Waals surface area contributed by atoms with Gasteiger partial charge in [-0.1, -0.05) is 30.0 Å². The zero-order chi connectivity index (χ0) is 15.4. The molecule has 0 radical (unpaired) electrons. The van der Waals surface area contributed by atoms with E-state index in [-0.39, 0.29) is 0 Å². The van der Waals surface area contributed by atoms with Crippen molar-refractivity contribution in [2.24, 2.45) is 0 Å². The molecule has 7 heteroatoms. The average molecular weight is 328 g/mol. The van der Waals surface area contributed by atoms with E-state index in [1.165, 1.54) is 11.8 Å². The minimum absolute atomic E-state index is 0.317. The Bertz CT molecular complexity index is 805. The Hall–Kier alpha value is -2.30. The van der Waals surface area contributed by atoms with Gasteiger partial charge in [-0.2, -0.15) is 5.26 Å². The Balaban J connectivity index is 2.18. The quantitative estimate of drug-likeness (QED) is 0.669. The predicted octanol–water partition coefficient (Wildman–Crippen LogP) is 3.62. The number of hydrogen-bond acceptors (Lipinski definition) is 6. The minimum Gasteiger partial charge on any atom is -0.495 e. The lowest BCUT2D eigenvalue weighted by atomic mass is 10.3. The number of rotatable bonds is 5. The van der Waals surface area contributed by atoms with E-state index < -0.39 is 0 Å². The molecule has 0 N–H and O–H groups in total. The molecular formula is C15H12N4OS2. The van der Waals surface area contributed by atoms with Crippen LogP contribution in [-0.4, -0.2) is 27.6 Å². The molecule has 0 saturated heterocycles. The zero-order valence-electron chi connectivity index (χ0n) is 11.8. The summed E-state index contributed by atoms with van der Waals surface area (Å²) in [6.45, 7) is 0. The molecule has 0 unspecified atom stereocenters. The molecule has 2 aromatic heterocycles. The third-order valence-corrected chi connectivity index (χ3v) is 4.63. The van der Waals surface area contributed by atoms with Gasteiger partial charge in [0.15, 0.2) is 11.0 Å². The summed E-state index contributed by atoms with van der Waals surface area (Å²) in [6, 6.07) is 13.8. The molecule has 0 aliphatic carbocycles. The van der Waals surface area contributed by atoms with Crippen molar-refractivity contribution in [1.29, 1.82) is 5.26 Å². The third kappa shape index (κ3) is 2.71. The van der Waals surface area contributed by atoms with Gasteiger partial charge in [0.05, 0.1) is 29.5 Å².